The Bertz CT molecular complexity index is 1950. The van der Waals surface area contributed by atoms with E-state index in [0.717, 1.165) is 50.4 Å². The number of carbonyl (C=O) groups is 1. The molecule has 1 unspecified atom stereocenters. The Morgan fingerprint density at radius 3 is 2.39 bits per heavy atom. The van der Waals surface area contributed by atoms with Crippen molar-refractivity contribution in [2.45, 2.75) is 26.7 Å². The highest BCUT2D eigenvalue weighted by molar-refractivity contribution is 6.13. The summed E-state index contributed by atoms with van der Waals surface area (Å²) >= 11 is 0. The van der Waals surface area contributed by atoms with E-state index >= 15 is 0 Å². The smallest absolute Gasteiger partial charge is 0.272 e. The zero-order valence-electron chi connectivity index (χ0n) is 24.8. The van der Waals surface area contributed by atoms with Crippen molar-refractivity contribution < 1.29 is 14.6 Å². The number of hydrogen-bond acceptors (Lipinski definition) is 7. The van der Waals surface area contributed by atoms with Gasteiger partial charge in [0.25, 0.3) is 11.5 Å². The molecule has 9 nitrogen and oxygen atoms in total. The number of nitrogens with one attached hydrogen (secondary N) is 2. The number of rotatable bonds is 1. The van der Waals surface area contributed by atoms with Crippen LogP contribution in [0, 0.1) is 0 Å². The molecule has 1 aliphatic carbocycles. The van der Waals surface area contributed by atoms with Crippen LogP contribution in [-0.2, 0) is 0 Å². The van der Waals surface area contributed by atoms with Crippen molar-refractivity contribution >= 4 is 28.1 Å². The van der Waals surface area contributed by atoms with Gasteiger partial charge >= 0.3 is 0 Å². The number of amides is 1. The number of ether oxygens (including phenoxy) is 1. The quantitative estimate of drug-likeness (QED) is 0.117. The monoisotopic (exact) mass is 589 g/mol. The number of nitrogens with two attached hydrogens (primary N) is 2. The molecule has 0 bridgehead atoms. The maximum atomic E-state index is 11.9. The number of hydrogen-bond donors (Lipinski definition) is 5. The highest BCUT2D eigenvalue weighted by Gasteiger charge is 2.34. The number of anilines is 2. The number of aliphatic hydroxyl groups is 1. The molecule has 0 radical (unpaired) electrons. The van der Waals surface area contributed by atoms with Gasteiger partial charge in [0.2, 0.25) is 0 Å². The van der Waals surface area contributed by atoms with E-state index in [1.165, 1.54) is 0 Å². The summed E-state index contributed by atoms with van der Waals surface area (Å²) in [5.41, 5.74) is 19.6. The van der Waals surface area contributed by atoms with Crippen LogP contribution in [0.2, 0.25) is 0 Å². The molecule has 0 saturated heterocycles. The first-order valence-corrected chi connectivity index (χ1v) is 14.5. The molecule has 1 amide bonds. The third-order valence-corrected chi connectivity index (χ3v) is 7.50. The Balaban J connectivity index is 0.000000145. The average molecular weight is 590 g/mol. The van der Waals surface area contributed by atoms with E-state index in [-0.39, 0.29) is 24.0 Å². The molecule has 0 saturated carbocycles. The van der Waals surface area contributed by atoms with Gasteiger partial charge in [-0.05, 0) is 66.6 Å². The van der Waals surface area contributed by atoms with Crippen molar-refractivity contribution in [3.05, 3.63) is 112 Å². The third-order valence-electron chi connectivity index (χ3n) is 7.50. The second kappa shape index (κ2) is 12.8. The zero-order chi connectivity index (χ0) is 31.4. The first kappa shape index (κ1) is 30.1. The lowest BCUT2D eigenvalue weighted by Crippen LogP contribution is -2.36. The molecule has 2 aliphatic heterocycles. The number of fused-ring (bicyclic) bond motifs is 5. The fourth-order valence-corrected chi connectivity index (χ4v) is 5.64. The van der Waals surface area contributed by atoms with Crippen LogP contribution >= 0.6 is 0 Å². The number of aromatic amines is 1. The molecule has 3 aliphatic rings. The molecular formula is C35H35N5O4. The minimum Gasteiger partial charge on any atom is -0.457 e. The van der Waals surface area contributed by atoms with Crippen LogP contribution in [0.4, 0.5) is 11.4 Å². The minimum absolute atomic E-state index is 0.0379. The number of aromatic nitrogens is 2. The van der Waals surface area contributed by atoms with Gasteiger partial charge in [-0.25, -0.2) is 5.10 Å². The third kappa shape index (κ3) is 5.41. The van der Waals surface area contributed by atoms with Crippen LogP contribution in [0.3, 0.4) is 0 Å². The first-order valence-electron chi connectivity index (χ1n) is 14.5. The number of allylic oxidation sites excluding steroid dienone is 1. The zero-order valence-corrected chi connectivity index (χ0v) is 24.8. The SMILES string of the molecule is C/C=C\CO.CC.Nc1ccc2c(c1)-c1n[nH]c(=O)c3cccc-2c13.Nc1ccc2c(c1)C1CNC(=O)c3cccc(c31)O2. The van der Waals surface area contributed by atoms with Crippen LogP contribution in [0.15, 0.2) is 89.7 Å². The fourth-order valence-electron chi connectivity index (χ4n) is 5.64. The maximum absolute atomic E-state index is 11.9. The van der Waals surface area contributed by atoms with Gasteiger partial charge in [-0.3, -0.25) is 9.59 Å². The number of H-pyrrole nitrogens is 1. The van der Waals surface area contributed by atoms with Crippen molar-refractivity contribution in [1.29, 1.82) is 0 Å². The van der Waals surface area contributed by atoms with Crippen LogP contribution in [0.5, 0.6) is 11.5 Å². The van der Waals surface area contributed by atoms with E-state index in [4.69, 9.17) is 21.3 Å². The van der Waals surface area contributed by atoms with Gasteiger partial charge < -0.3 is 26.6 Å². The second-order valence-electron chi connectivity index (χ2n) is 10.1. The number of carbonyl (C=O) groups excluding carboxylic acids is 1. The molecule has 44 heavy (non-hydrogen) atoms. The summed E-state index contributed by atoms with van der Waals surface area (Å²) in [6.45, 7) is 6.62. The topological polar surface area (TPSA) is 156 Å². The van der Waals surface area contributed by atoms with E-state index < -0.39 is 0 Å². The summed E-state index contributed by atoms with van der Waals surface area (Å²) < 4.78 is 5.89. The molecule has 0 fully saturated rings. The van der Waals surface area contributed by atoms with Gasteiger partial charge in [-0.2, -0.15) is 5.10 Å². The molecule has 0 spiro atoms. The van der Waals surface area contributed by atoms with Gasteiger partial charge in [0.15, 0.2) is 0 Å². The second-order valence-corrected chi connectivity index (χ2v) is 10.1. The highest BCUT2D eigenvalue weighted by atomic mass is 16.5. The Kier molecular flexibility index (Phi) is 8.78. The largest absolute Gasteiger partial charge is 0.457 e. The summed E-state index contributed by atoms with van der Waals surface area (Å²) in [6.07, 6.45) is 3.49. The van der Waals surface area contributed by atoms with Gasteiger partial charge in [0, 0.05) is 51.5 Å². The molecule has 9 heteroatoms. The fraction of sp³-hybridized carbons (Fsp3) is 0.171. The van der Waals surface area contributed by atoms with Crippen molar-refractivity contribution in [1.82, 2.24) is 15.5 Å². The number of aliphatic hydroxyl groups excluding tert-OH is 1. The molecule has 1 atom stereocenters. The Hall–Kier alpha value is -5.41. The predicted octanol–water partition coefficient (Wildman–Crippen LogP) is 5.98. The van der Waals surface area contributed by atoms with Gasteiger partial charge in [0.1, 0.15) is 11.5 Å². The van der Waals surface area contributed by atoms with Gasteiger partial charge in [-0.1, -0.05) is 50.3 Å². The summed E-state index contributed by atoms with van der Waals surface area (Å²) in [5, 5.41) is 19.2. The number of nitrogens with zero attached hydrogens (tertiary/aromatic N) is 1. The minimum atomic E-state index is -0.156. The average Bonchev–Trinajstić information content (AvgIpc) is 3.36. The van der Waals surface area contributed by atoms with Crippen LogP contribution < -0.4 is 27.1 Å². The Labute approximate surface area is 255 Å². The number of benzene rings is 4. The van der Waals surface area contributed by atoms with Gasteiger partial charge in [0.05, 0.1) is 17.7 Å². The molecule has 224 valence electrons. The molecule has 3 heterocycles. The van der Waals surface area contributed by atoms with Crippen LogP contribution in [-0.4, -0.2) is 34.4 Å². The Morgan fingerprint density at radius 1 is 0.909 bits per heavy atom. The van der Waals surface area contributed by atoms with E-state index in [1.807, 2.05) is 93.6 Å². The van der Waals surface area contributed by atoms with Crippen molar-refractivity contribution in [2.75, 3.05) is 24.6 Å². The molecule has 4 aromatic carbocycles. The van der Waals surface area contributed by atoms with E-state index in [1.54, 1.807) is 12.2 Å². The standard InChI is InChI=1S/C15H12N2O2.C14H9N3O.C4H8O.C2H6/c16-8-4-5-12-10(6-8)11-7-17-15(18)9-2-1-3-13(19-12)14(9)11;15-7-4-5-8-9-2-1-3-10-12(9)13(11(8)6-7)16-17-14(10)18;1-2-3-4-5;1-2/h1-6,11H,7,16H2,(H,17,18);1-6H,15H2,(H,17,18);2-3,5H,4H2,1H3;1-2H3/b;;3-2-;. The molecular weight excluding hydrogens is 554 g/mol. The normalized spacial score (nSPS) is 14.3. The van der Waals surface area contributed by atoms with Crippen molar-refractivity contribution in [3.63, 3.8) is 0 Å². The first-order chi connectivity index (χ1) is 21.4. The molecule has 1 aromatic heterocycles. The van der Waals surface area contributed by atoms with E-state index in [2.05, 4.69) is 15.5 Å². The summed E-state index contributed by atoms with van der Waals surface area (Å²) in [4.78, 5) is 23.7. The summed E-state index contributed by atoms with van der Waals surface area (Å²) in [5.74, 6) is 1.68. The van der Waals surface area contributed by atoms with Crippen molar-refractivity contribution in [3.8, 4) is 33.9 Å². The molecule has 7 N–H and O–H groups in total. The van der Waals surface area contributed by atoms with E-state index in [0.29, 0.717) is 28.9 Å². The number of nitrogen functional groups attached to an aromatic ring is 2. The lowest BCUT2D eigenvalue weighted by molar-refractivity contribution is 0.0941. The summed E-state index contributed by atoms with van der Waals surface area (Å²) in [7, 11) is 0. The summed E-state index contributed by atoms with van der Waals surface area (Å²) in [6, 6.07) is 22.7. The maximum Gasteiger partial charge on any atom is 0.272 e. The lowest BCUT2D eigenvalue weighted by Gasteiger charge is -2.33. The molecule has 8 rings (SSSR count). The van der Waals surface area contributed by atoms with Crippen LogP contribution in [0.25, 0.3) is 33.2 Å². The Morgan fingerprint density at radius 2 is 1.64 bits per heavy atom. The van der Waals surface area contributed by atoms with Crippen molar-refractivity contribution in [2.24, 2.45) is 0 Å². The van der Waals surface area contributed by atoms with Gasteiger partial charge in [-0.15, -0.1) is 0 Å². The van der Waals surface area contributed by atoms with Crippen LogP contribution in [0.1, 0.15) is 48.2 Å². The highest BCUT2D eigenvalue weighted by Crippen LogP contribution is 2.47. The van der Waals surface area contributed by atoms with E-state index in [9.17, 15) is 9.59 Å². The lowest BCUT2D eigenvalue weighted by atomic mass is 9.82. The predicted molar refractivity (Wildman–Crippen MR) is 176 cm³/mol. The molecule has 5 aromatic rings.